The second-order valence-electron chi connectivity index (χ2n) is 5.45. The molecule has 0 aliphatic heterocycles. The SMILES string of the molecule is C=CCOc1ccc(/C=C(\C#N)C(=O)Nc2ccccc2C)cc1OC. The summed E-state index contributed by atoms with van der Waals surface area (Å²) in [6.45, 7) is 5.85. The number of nitriles is 1. The van der Waals surface area contributed by atoms with Gasteiger partial charge in [0, 0.05) is 5.69 Å². The average Bonchev–Trinajstić information content (AvgIpc) is 2.66. The van der Waals surface area contributed by atoms with Crippen molar-refractivity contribution in [3.8, 4) is 17.6 Å². The molecule has 132 valence electrons. The molecule has 5 nitrogen and oxygen atoms in total. The molecule has 1 amide bonds. The van der Waals surface area contributed by atoms with E-state index in [2.05, 4.69) is 11.9 Å². The fourth-order valence-electron chi connectivity index (χ4n) is 2.26. The third kappa shape index (κ3) is 4.74. The summed E-state index contributed by atoms with van der Waals surface area (Å²) in [7, 11) is 1.53. The monoisotopic (exact) mass is 348 g/mol. The molecule has 0 aliphatic carbocycles. The van der Waals surface area contributed by atoms with Crippen molar-refractivity contribution in [2.24, 2.45) is 0 Å². The Morgan fingerprint density at radius 1 is 1.27 bits per heavy atom. The van der Waals surface area contributed by atoms with E-state index in [4.69, 9.17) is 9.47 Å². The van der Waals surface area contributed by atoms with Gasteiger partial charge in [0.05, 0.1) is 7.11 Å². The molecule has 0 atom stereocenters. The fraction of sp³-hybridized carbons (Fsp3) is 0.143. The van der Waals surface area contributed by atoms with Gasteiger partial charge < -0.3 is 14.8 Å². The number of methoxy groups -OCH3 is 1. The van der Waals surface area contributed by atoms with Crippen LogP contribution in [0.15, 0.2) is 60.7 Å². The minimum absolute atomic E-state index is 0.00457. The van der Waals surface area contributed by atoms with Gasteiger partial charge in [0.15, 0.2) is 11.5 Å². The van der Waals surface area contributed by atoms with E-state index in [1.807, 2.05) is 31.2 Å². The lowest BCUT2D eigenvalue weighted by Gasteiger charge is -2.10. The highest BCUT2D eigenvalue weighted by atomic mass is 16.5. The molecule has 0 radical (unpaired) electrons. The van der Waals surface area contributed by atoms with E-state index in [9.17, 15) is 10.1 Å². The molecule has 0 unspecified atom stereocenters. The van der Waals surface area contributed by atoms with Gasteiger partial charge in [-0.1, -0.05) is 36.9 Å². The number of rotatable bonds is 7. The third-order valence-corrected chi connectivity index (χ3v) is 3.61. The summed E-state index contributed by atoms with van der Waals surface area (Å²) in [5, 5.41) is 12.1. The molecular weight excluding hydrogens is 328 g/mol. The quantitative estimate of drug-likeness (QED) is 0.464. The molecule has 0 aromatic heterocycles. The maximum Gasteiger partial charge on any atom is 0.266 e. The van der Waals surface area contributed by atoms with Crippen LogP contribution < -0.4 is 14.8 Å². The molecule has 0 saturated carbocycles. The number of carbonyl (C=O) groups excluding carboxylic acids is 1. The standard InChI is InChI=1S/C21H20N2O3/c1-4-11-26-19-10-9-16(13-20(19)25-3)12-17(14-22)21(24)23-18-8-6-5-7-15(18)2/h4-10,12-13H,1,11H2,2-3H3,(H,23,24)/b17-12+. The number of hydrogen-bond acceptors (Lipinski definition) is 4. The van der Waals surface area contributed by atoms with E-state index in [0.717, 1.165) is 5.56 Å². The van der Waals surface area contributed by atoms with Crippen LogP contribution in [0.1, 0.15) is 11.1 Å². The van der Waals surface area contributed by atoms with Gasteiger partial charge in [-0.25, -0.2) is 0 Å². The molecular formula is C21H20N2O3. The highest BCUT2D eigenvalue weighted by molar-refractivity contribution is 6.10. The predicted molar refractivity (Wildman–Crippen MR) is 102 cm³/mol. The maximum absolute atomic E-state index is 12.4. The normalized spacial score (nSPS) is 10.6. The van der Waals surface area contributed by atoms with Crippen molar-refractivity contribution in [3.05, 3.63) is 71.8 Å². The van der Waals surface area contributed by atoms with Crippen LogP contribution in [0.5, 0.6) is 11.5 Å². The first-order valence-corrected chi connectivity index (χ1v) is 7.99. The summed E-state index contributed by atoms with van der Waals surface area (Å²) < 4.78 is 10.8. The minimum Gasteiger partial charge on any atom is -0.493 e. The van der Waals surface area contributed by atoms with E-state index in [1.54, 1.807) is 30.3 Å². The Labute approximate surface area is 153 Å². The van der Waals surface area contributed by atoms with Crippen molar-refractivity contribution in [1.82, 2.24) is 0 Å². The van der Waals surface area contributed by atoms with Crippen LogP contribution in [0.25, 0.3) is 6.08 Å². The number of para-hydroxylation sites is 1. The third-order valence-electron chi connectivity index (χ3n) is 3.61. The van der Waals surface area contributed by atoms with Gasteiger partial charge in [-0.05, 0) is 42.3 Å². The Morgan fingerprint density at radius 2 is 2.04 bits per heavy atom. The van der Waals surface area contributed by atoms with E-state index in [1.165, 1.54) is 13.2 Å². The zero-order valence-electron chi connectivity index (χ0n) is 14.8. The number of aryl methyl sites for hydroxylation is 1. The molecule has 1 N–H and O–H groups in total. The number of hydrogen-bond donors (Lipinski definition) is 1. The second-order valence-corrected chi connectivity index (χ2v) is 5.45. The molecule has 0 spiro atoms. The summed E-state index contributed by atoms with van der Waals surface area (Å²) in [6, 6.07) is 14.5. The molecule has 2 aromatic carbocycles. The Morgan fingerprint density at radius 3 is 2.69 bits per heavy atom. The molecule has 0 saturated heterocycles. The molecule has 0 bridgehead atoms. The lowest BCUT2D eigenvalue weighted by Crippen LogP contribution is -2.14. The highest BCUT2D eigenvalue weighted by Gasteiger charge is 2.12. The van der Waals surface area contributed by atoms with Gasteiger partial charge in [-0.3, -0.25) is 4.79 Å². The zero-order chi connectivity index (χ0) is 18.9. The lowest BCUT2D eigenvalue weighted by atomic mass is 10.1. The van der Waals surface area contributed by atoms with Gasteiger partial charge in [-0.15, -0.1) is 0 Å². The van der Waals surface area contributed by atoms with Gasteiger partial charge in [-0.2, -0.15) is 5.26 Å². The first-order chi connectivity index (χ1) is 12.6. The molecule has 5 heteroatoms. The maximum atomic E-state index is 12.4. The second kappa shape index (κ2) is 9.09. The Balaban J connectivity index is 2.25. The van der Waals surface area contributed by atoms with Crippen molar-refractivity contribution in [2.75, 3.05) is 19.0 Å². The number of ether oxygens (including phenoxy) is 2. The minimum atomic E-state index is -0.465. The summed E-state index contributed by atoms with van der Waals surface area (Å²) in [4.78, 5) is 12.4. The molecule has 26 heavy (non-hydrogen) atoms. The largest absolute Gasteiger partial charge is 0.493 e. The molecule has 0 aliphatic rings. The molecule has 0 heterocycles. The van der Waals surface area contributed by atoms with Crippen LogP contribution in [0.3, 0.4) is 0 Å². The number of benzene rings is 2. The molecule has 2 rings (SSSR count). The van der Waals surface area contributed by atoms with Crippen molar-refractivity contribution < 1.29 is 14.3 Å². The van der Waals surface area contributed by atoms with Crippen molar-refractivity contribution in [2.45, 2.75) is 6.92 Å². The van der Waals surface area contributed by atoms with Gasteiger partial charge in [0.1, 0.15) is 18.2 Å². The van der Waals surface area contributed by atoms with Crippen LogP contribution in [0.4, 0.5) is 5.69 Å². The highest BCUT2D eigenvalue weighted by Crippen LogP contribution is 2.29. The summed E-state index contributed by atoms with van der Waals surface area (Å²) in [6.07, 6.45) is 3.14. The Bertz CT molecular complexity index is 879. The summed E-state index contributed by atoms with van der Waals surface area (Å²) in [5.74, 6) is 0.609. The number of anilines is 1. The average molecular weight is 348 g/mol. The zero-order valence-corrected chi connectivity index (χ0v) is 14.8. The van der Waals surface area contributed by atoms with Gasteiger partial charge in [0.25, 0.3) is 5.91 Å². The van der Waals surface area contributed by atoms with Gasteiger partial charge in [0.2, 0.25) is 0 Å². The molecule has 0 fully saturated rings. The Hall–Kier alpha value is -3.52. The summed E-state index contributed by atoms with van der Waals surface area (Å²) in [5.41, 5.74) is 2.24. The van der Waals surface area contributed by atoms with Crippen LogP contribution in [0.2, 0.25) is 0 Å². The van der Waals surface area contributed by atoms with Crippen molar-refractivity contribution in [1.29, 1.82) is 5.26 Å². The first-order valence-electron chi connectivity index (χ1n) is 7.99. The lowest BCUT2D eigenvalue weighted by molar-refractivity contribution is -0.112. The number of carbonyl (C=O) groups is 1. The summed E-state index contributed by atoms with van der Waals surface area (Å²) >= 11 is 0. The van der Waals surface area contributed by atoms with Crippen LogP contribution in [0, 0.1) is 18.3 Å². The Kier molecular flexibility index (Phi) is 6.58. The van der Waals surface area contributed by atoms with E-state index < -0.39 is 5.91 Å². The van der Waals surface area contributed by atoms with Crippen LogP contribution >= 0.6 is 0 Å². The topological polar surface area (TPSA) is 71.3 Å². The van der Waals surface area contributed by atoms with E-state index in [0.29, 0.717) is 29.4 Å². The number of nitrogens with one attached hydrogen (secondary N) is 1. The number of nitrogens with zero attached hydrogens (tertiary/aromatic N) is 1. The molecule has 2 aromatic rings. The number of amides is 1. The van der Waals surface area contributed by atoms with Gasteiger partial charge >= 0.3 is 0 Å². The smallest absolute Gasteiger partial charge is 0.266 e. The van der Waals surface area contributed by atoms with Crippen LogP contribution in [-0.2, 0) is 4.79 Å². The first kappa shape index (κ1) is 18.8. The van der Waals surface area contributed by atoms with Crippen molar-refractivity contribution in [3.63, 3.8) is 0 Å². The van der Waals surface area contributed by atoms with E-state index >= 15 is 0 Å². The van der Waals surface area contributed by atoms with E-state index in [-0.39, 0.29) is 5.57 Å². The van der Waals surface area contributed by atoms with Crippen molar-refractivity contribution >= 4 is 17.7 Å². The predicted octanol–water partition coefficient (Wildman–Crippen LogP) is 4.11. The fourth-order valence-corrected chi connectivity index (χ4v) is 2.26. The van der Waals surface area contributed by atoms with Crippen LogP contribution in [-0.4, -0.2) is 19.6 Å².